The van der Waals surface area contributed by atoms with E-state index in [1.54, 1.807) is 12.1 Å². The highest BCUT2D eigenvalue weighted by molar-refractivity contribution is 7.89. The highest BCUT2D eigenvalue weighted by atomic mass is 32.2. The largest absolute Gasteiger partial charge is 0.331 e. The summed E-state index contributed by atoms with van der Waals surface area (Å²) in [6.45, 7) is 8.28. The lowest BCUT2D eigenvalue weighted by atomic mass is 9.87. The molecular weight excluding hydrogens is 366 g/mol. The zero-order valence-corrected chi connectivity index (χ0v) is 17.1. The molecule has 0 heterocycles. The molecule has 0 unspecified atom stereocenters. The van der Waals surface area contributed by atoms with Gasteiger partial charge in [-0.2, -0.15) is 0 Å². The van der Waals surface area contributed by atoms with Gasteiger partial charge < -0.3 is 5.32 Å². The Hall–Kier alpha value is -1.96. The monoisotopic (exact) mass is 391 g/mol. The van der Waals surface area contributed by atoms with E-state index in [-0.39, 0.29) is 15.4 Å². The van der Waals surface area contributed by atoms with Crippen LogP contribution >= 0.6 is 12.2 Å². The molecule has 0 radical (unpaired) electrons. The molecule has 0 fully saturated rings. The third-order valence-electron chi connectivity index (χ3n) is 3.98. The van der Waals surface area contributed by atoms with Crippen LogP contribution in [0.2, 0.25) is 0 Å². The zero-order chi connectivity index (χ0) is 19.4. The van der Waals surface area contributed by atoms with Crippen molar-refractivity contribution in [1.29, 1.82) is 0 Å². The Morgan fingerprint density at radius 1 is 1.04 bits per heavy atom. The number of anilines is 1. The van der Waals surface area contributed by atoms with E-state index in [1.807, 2.05) is 43.3 Å². The predicted octanol–water partition coefficient (Wildman–Crippen LogP) is 3.73. The van der Waals surface area contributed by atoms with Crippen LogP contribution < -0.4 is 15.6 Å². The lowest BCUT2D eigenvalue weighted by Gasteiger charge is -2.19. The summed E-state index contributed by atoms with van der Waals surface area (Å²) in [4.78, 5) is 2.49. The SMILES string of the molecule is CCc1ccccc1NC(=S)NNS(=O)(=O)c1ccc(C(C)(C)C)cc1. The van der Waals surface area contributed by atoms with E-state index >= 15 is 0 Å². The van der Waals surface area contributed by atoms with Crippen LogP contribution in [0.1, 0.15) is 38.8 Å². The molecule has 140 valence electrons. The Kier molecular flexibility index (Phi) is 6.39. The quantitative estimate of drug-likeness (QED) is 0.535. The maximum absolute atomic E-state index is 12.4. The van der Waals surface area contributed by atoms with Crippen molar-refractivity contribution in [2.24, 2.45) is 0 Å². The van der Waals surface area contributed by atoms with E-state index in [2.05, 4.69) is 36.3 Å². The molecule has 0 aliphatic heterocycles. The van der Waals surface area contributed by atoms with Crippen LogP contribution in [-0.4, -0.2) is 13.5 Å². The number of aryl methyl sites for hydroxylation is 1. The number of nitrogens with one attached hydrogen (secondary N) is 3. The van der Waals surface area contributed by atoms with Gasteiger partial charge in [-0.1, -0.05) is 58.0 Å². The molecule has 0 aliphatic carbocycles. The van der Waals surface area contributed by atoms with Gasteiger partial charge in [-0.15, -0.1) is 4.83 Å². The summed E-state index contributed by atoms with van der Waals surface area (Å²) in [7, 11) is -3.71. The molecule has 2 aromatic rings. The average Bonchev–Trinajstić information content (AvgIpc) is 2.60. The fraction of sp³-hybridized carbons (Fsp3) is 0.316. The van der Waals surface area contributed by atoms with Crippen molar-refractivity contribution in [2.75, 3.05) is 5.32 Å². The first kappa shape index (κ1) is 20.4. The molecule has 0 aromatic heterocycles. The number of para-hydroxylation sites is 1. The first-order valence-corrected chi connectivity index (χ1v) is 10.3. The van der Waals surface area contributed by atoms with Crippen LogP contribution in [0.5, 0.6) is 0 Å². The van der Waals surface area contributed by atoms with Gasteiger partial charge in [-0.3, -0.25) is 5.43 Å². The summed E-state index contributed by atoms with van der Waals surface area (Å²) in [5.74, 6) is 0. The first-order valence-electron chi connectivity index (χ1n) is 8.41. The number of sulfonamides is 1. The number of thiocarbonyl (C=S) groups is 1. The van der Waals surface area contributed by atoms with Crippen molar-refractivity contribution in [3.05, 3.63) is 59.7 Å². The topological polar surface area (TPSA) is 70.2 Å². The first-order chi connectivity index (χ1) is 12.1. The maximum Gasteiger partial charge on any atom is 0.257 e. The maximum atomic E-state index is 12.4. The van der Waals surface area contributed by atoms with E-state index in [1.165, 1.54) is 0 Å². The van der Waals surface area contributed by atoms with Crippen molar-refractivity contribution < 1.29 is 8.42 Å². The number of hydrazine groups is 1. The molecule has 0 bridgehead atoms. The highest BCUT2D eigenvalue weighted by Crippen LogP contribution is 2.23. The third-order valence-corrected chi connectivity index (χ3v) is 5.44. The van der Waals surface area contributed by atoms with Crippen LogP contribution in [0.25, 0.3) is 0 Å². The summed E-state index contributed by atoms with van der Waals surface area (Å²) in [5.41, 5.74) is 5.52. The van der Waals surface area contributed by atoms with Crippen molar-refractivity contribution in [3.63, 3.8) is 0 Å². The molecule has 0 spiro atoms. The van der Waals surface area contributed by atoms with Gasteiger partial charge in [0.05, 0.1) is 4.90 Å². The van der Waals surface area contributed by atoms with Crippen molar-refractivity contribution in [2.45, 2.75) is 44.4 Å². The van der Waals surface area contributed by atoms with E-state index in [0.29, 0.717) is 0 Å². The van der Waals surface area contributed by atoms with Crippen molar-refractivity contribution in [1.82, 2.24) is 10.3 Å². The Morgan fingerprint density at radius 2 is 1.65 bits per heavy atom. The van der Waals surface area contributed by atoms with Crippen molar-refractivity contribution in [3.8, 4) is 0 Å². The fourth-order valence-electron chi connectivity index (χ4n) is 2.41. The summed E-state index contributed by atoms with van der Waals surface area (Å²) in [5, 5.41) is 3.19. The summed E-state index contributed by atoms with van der Waals surface area (Å²) < 4.78 is 24.8. The molecule has 3 N–H and O–H groups in total. The Bertz CT molecular complexity index is 870. The van der Waals surface area contributed by atoms with Gasteiger partial charge in [0, 0.05) is 5.69 Å². The molecule has 0 amide bonds. The van der Waals surface area contributed by atoms with Gasteiger partial charge in [-0.25, -0.2) is 8.42 Å². The molecule has 0 saturated carbocycles. The molecule has 2 rings (SSSR count). The molecule has 26 heavy (non-hydrogen) atoms. The van der Waals surface area contributed by atoms with E-state index < -0.39 is 10.0 Å². The second-order valence-electron chi connectivity index (χ2n) is 6.97. The predicted molar refractivity (Wildman–Crippen MR) is 111 cm³/mol. The number of benzene rings is 2. The molecule has 0 aliphatic rings. The summed E-state index contributed by atoms with van der Waals surface area (Å²) in [6, 6.07) is 14.6. The summed E-state index contributed by atoms with van der Waals surface area (Å²) >= 11 is 5.18. The van der Waals surface area contributed by atoms with Crippen LogP contribution in [-0.2, 0) is 21.9 Å². The zero-order valence-electron chi connectivity index (χ0n) is 15.5. The Morgan fingerprint density at radius 3 is 2.23 bits per heavy atom. The van der Waals surface area contributed by atoms with Gasteiger partial charge in [0.1, 0.15) is 0 Å². The third kappa shape index (κ3) is 5.27. The van der Waals surface area contributed by atoms with E-state index in [4.69, 9.17) is 12.2 Å². The summed E-state index contributed by atoms with van der Waals surface area (Å²) in [6.07, 6.45) is 0.845. The molecule has 0 saturated heterocycles. The van der Waals surface area contributed by atoms with Crippen LogP contribution in [0.4, 0.5) is 5.69 Å². The van der Waals surface area contributed by atoms with Crippen LogP contribution in [0.3, 0.4) is 0 Å². The lowest BCUT2D eigenvalue weighted by molar-refractivity contribution is 0.575. The second kappa shape index (κ2) is 8.16. The van der Waals surface area contributed by atoms with Gasteiger partial charge in [0.2, 0.25) is 0 Å². The van der Waals surface area contributed by atoms with E-state index in [9.17, 15) is 8.42 Å². The van der Waals surface area contributed by atoms with Gasteiger partial charge in [0.15, 0.2) is 5.11 Å². The minimum Gasteiger partial charge on any atom is -0.331 e. The van der Waals surface area contributed by atoms with Gasteiger partial charge >= 0.3 is 0 Å². The molecule has 7 heteroatoms. The number of rotatable bonds is 5. The molecule has 0 atom stereocenters. The molecular formula is C19H25N3O2S2. The minimum atomic E-state index is -3.71. The second-order valence-corrected chi connectivity index (χ2v) is 9.06. The highest BCUT2D eigenvalue weighted by Gasteiger charge is 2.17. The van der Waals surface area contributed by atoms with Gasteiger partial charge in [-0.05, 0) is 53.4 Å². The van der Waals surface area contributed by atoms with Gasteiger partial charge in [0.25, 0.3) is 10.0 Å². The molecule has 2 aromatic carbocycles. The normalized spacial score (nSPS) is 11.8. The van der Waals surface area contributed by atoms with Crippen molar-refractivity contribution >= 4 is 33.0 Å². The fourth-order valence-corrected chi connectivity index (χ4v) is 3.48. The lowest BCUT2D eigenvalue weighted by Crippen LogP contribution is -2.43. The van der Waals surface area contributed by atoms with Crippen LogP contribution in [0.15, 0.2) is 53.4 Å². The van der Waals surface area contributed by atoms with Crippen LogP contribution in [0, 0.1) is 0 Å². The smallest absolute Gasteiger partial charge is 0.257 e. The average molecular weight is 392 g/mol. The molecule has 5 nitrogen and oxygen atoms in total. The Balaban J connectivity index is 2.02. The van der Waals surface area contributed by atoms with E-state index in [0.717, 1.165) is 23.2 Å². The minimum absolute atomic E-state index is 0.0356. The number of hydrogen-bond donors (Lipinski definition) is 3. The Labute approximate surface area is 161 Å². The number of hydrogen-bond acceptors (Lipinski definition) is 3. The standard InChI is InChI=1S/C19H25N3O2S2/c1-5-14-8-6-7-9-17(14)20-18(25)21-22-26(23,24)16-12-10-15(11-13-16)19(2,3)4/h6-13,22H,5H2,1-4H3,(H2,20,21,25).